The van der Waals surface area contributed by atoms with Crippen LogP contribution in [-0.4, -0.2) is 39.1 Å². The van der Waals surface area contributed by atoms with Gasteiger partial charge < -0.3 is 9.64 Å². The van der Waals surface area contributed by atoms with Crippen LogP contribution in [0.3, 0.4) is 0 Å². The number of pyridine rings is 1. The maximum absolute atomic E-state index is 12.9. The summed E-state index contributed by atoms with van der Waals surface area (Å²) < 4.78 is 8.15. The third-order valence-corrected chi connectivity index (χ3v) is 5.67. The van der Waals surface area contributed by atoms with Gasteiger partial charge in [0.2, 0.25) is 5.91 Å². The smallest absolute Gasteiger partial charge is 0.223 e. The highest BCUT2D eigenvalue weighted by Crippen LogP contribution is 2.32. The molecule has 6 nitrogen and oxygen atoms in total. The summed E-state index contributed by atoms with van der Waals surface area (Å²) in [6.07, 6.45) is 5.06. The number of aromatic nitrogens is 3. The van der Waals surface area contributed by atoms with Crippen molar-refractivity contribution < 1.29 is 9.53 Å². The number of likely N-dealkylation sites (tertiary alicyclic amines) is 1. The topological polar surface area (TPSA) is 59.7 Å². The predicted octanol–water partition coefficient (Wildman–Crippen LogP) is 3.80. The van der Waals surface area contributed by atoms with Gasteiger partial charge in [0.1, 0.15) is 5.75 Å². The summed E-state index contributed by atoms with van der Waals surface area (Å²) in [6, 6.07) is 11.8. The monoisotopic (exact) mass is 428 g/mol. The summed E-state index contributed by atoms with van der Waals surface area (Å²) in [5, 5.41) is 8.59. The van der Waals surface area contributed by atoms with Gasteiger partial charge in [-0.1, -0.05) is 12.1 Å². The number of rotatable bonds is 5. The van der Waals surface area contributed by atoms with Crippen LogP contribution in [0.2, 0.25) is 0 Å². The second-order valence-electron chi connectivity index (χ2n) is 6.70. The first-order valence-electron chi connectivity index (χ1n) is 9.09. The molecule has 2 aromatic heterocycles. The molecular formula is C20H21BrN4O2. The lowest BCUT2D eigenvalue weighted by Gasteiger charge is -2.23. The van der Waals surface area contributed by atoms with Crippen molar-refractivity contribution in [1.82, 2.24) is 19.5 Å². The van der Waals surface area contributed by atoms with E-state index in [1.807, 2.05) is 51.9 Å². The summed E-state index contributed by atoms with van der Waals surface area (Å²) in [4.78, 5) is 14.9. The Morgan fingerprint density at radius 2 is 2.19 bits per heavy atom. The highest BCUT2D eigenvalue weighted by atomic mass is 79.9. The van der Waals surface area contributed by atoms with E-state index in [-0.39, 0.29) is 11.9 Å². The molecule has 0 unspecified atom stereocenters. The quantitative estimate of drug-likeness (QED) is 0.619. The molecule has 0 bridgehead atoms. The van der Waals surface area contributed by atoms with E-state index >= 15 is 0 Å². The number of fused-ring (bicyclic) bond motifs is 1. The van der Waals surface area contributed by atoms with Gasteiger partial charge in [0.25, 0.3) is 0 Å². The number of benzene rings is 1. The van der Waals surface area contributed by atoms with Crippen LogP contribution < -0.4 is 4.74 Å². The van der Waals surface area contributed by atoms with Crippen molar-refractivity contribution in [2.24, 2.45) is 0 Å². The second-order valence-corrected chi connectivity index (χ2v) is 7.56. The van der Waals surface area contributed by atoms with Crippen molar-refractivity contribution in [3.05, 3.63) is 58.5 Å². The number of aryl methyl sites for hydroxylation is 1. The number of amides is 1. The Balaban J connectivity index is 1.47. The molecule has 3 aromatic rings. The third-order valence-electron chi connectivity index (χ3n) is 5.06. The Labute approximate surface area is 166 Å². The van der Waals surface area contributed by atoms with Gasteiger partial charge in [0.15, 0.2) is 11.5 Å². The highest BCUT2D eigenvalue weighted by Gasteiger charge is 2.32. The van der Waals surface area contributed by atoms with Crippen LogP contribution in [0.15, 0.2) is 47.1 Å². The van der Waals surface area contributed by atoms with E-state index in [1.165, 1.54) is 0 Å². The summed E-state index contributed by atoms with van der Waals surface area (Å²) >= 11 is 3.50. The van der Waals surface area contributed by atoms with E-state index in [9.17, 15) is 4.79 Å². The molecule has 1 aliphatic heterocycles. The first-order chi connectivity index (χ1) is 13.2. The number of methoxy groups -OCH3 is 1. The molecule has 4 rings (SSSR count). The normalized spacial score (nSPS) is 16.8. The minimum absolute atomic E-state index is 0.00231. The number of halogens is 1. The van der Waals surface area contributed by atoms with Gasteiger partial charge in [-0.2, -0.15) is 0 Å². The molecule has 1 aliphatic rings. The van der Waals surface area contributed by atoms with Crippen LogP contribution in [0, 0.1) is 0 Å². The van der Waals surface area contributed by atoms with Crippen molar-refractivity contribution in [3.8, 4) is 5.75 Å². The fourth-order valence-corrected chi connectivity index (χ4v) is 4.27. The summed E-state index contributed by atoms with van der Waals surface area (Å²) in [5.74, 6) is 1.81. The summed E-state index contributed by atoms with van der Waals surface area (Å²) in [6.45, 7) is 0.775. The third kappa shape index (κ3) is 3.56. The van der Waals surface area contributed by atoms with Crippen LogP contribution >= 0.6 is 15.9 Å². The molecular weight excluding hydrogens is 408 g/mol. The lowest BCUT2D eigenvalue weighted by molar-refractivity contribution is -0.132. The molecule has 1 atom stereocenters. The lowest BCUT2D eigenvalue weighted by atomic mass is 10.1. The molecule has 27 heavy (non-hydrogen) atoms. The molecule has 0 radical (unpaired) electrons. The minimum atomic E-state index is -0.00231. The molecule has 3 heterocycles. The standard InChI is InChI=1S/C20H21BrN4O2/c1-27-17-9-7-14(13-15(17)21)8-10-19(26)24-12-4-5-16(24)20-23-22-18-6-2-3-11-25(18)20/h2-3,6-7,9,11,13,16H,4-5,8,10,12H2,1H3/t16-/m0/s1. The second kappa shape index (κ2) is 7.68. The summed E-state index contributed by atoms with van der Waals surface area (Å²) in [7, 11) is 1.64. The van der Waals surface area contributed by atoms with E-state index in [1.54, 1.807) is 7.11 Å². The van der Waals surface area contributed by atoms with Crippen molar-refractivity contribution >= 4 is 27.5 Å². The van der Waals surface area contributed by atoms with E-state index in [0.29, 0.717) is 12.8 Å². The zero-order valence-electron chi connectivity index (χ0n) is 15.1. The Morgan fingerprint density at radius 1 is 1.30 bits per heavy atom. The van der Waals surface area contributed by atoms with Gasteiger partial charge in [-0.15, -0.1) is 10.2 Å². The van der Waals surface area contributed by atoms with Crippen molar-refractivity contribution in [2.45, 2.75) is 31.7 Å². The molecule has 1 aromatic carbocycles. The van der Waals surface area contributed by atoms with Crippen LogP contribution in [-0.2, 0) is 11.2 Å². The lowest BCUT2D eigenvalue weighted by Crippen LogP contribution is -2.31. The van der Waals surface area contributed by atoms with Gasteiger partial charge in [-0.3, -0.25) is 9.20 Å². The number of ether oxygens (including phenoxy) is 1. The molecule has 1 saturated heterocycles. The molecule has 1 amide bonds. The number of hydrogen-bond donors (Lipinski definition) is 0. The van der Waals surface area contributed by atoms with Gasteiger partial charge >= 0.3 is 0 Å². The van der Waals surface area contributed by atoms with Gasteiger partial charge in [0, 0.05) is 19.2 Å². The highest BCUT2D eigenvalue weighted by molar-refractivity contribution is 9.10. The van der Waals surface area contributed by atoms with Gasteiger partial charge in [0.05, 0.1) is 17.6 Å². The minimum Gasteiger partial charge on any atom is -0.496 e. The zero-order valence-corrected chi connectivity index (χ0v) is 16.7. The van der Waals surface area contributed by atoms with E-state index in [2.05, 4.69) is 26.1 Å². The predicted molar refractivity (Wildman–Crippen MR) is 106 cm³/mol. The fraction of sp³-hybridized carbons (Fsp3) is 0.350. The molecule has 0 spiro atoms. The first-order valence-corrected chi connectivity index (χ1v) is 9.88. The van der Waals surface area contributed by atoms with Crippen LogP contribution in [0.25, 0.3) is 5.65 Å². The molecule has 140 valence electrons. The van der Waals surface area contributed by atoms with Crippen molar-refractivity contribution in [3.63, 3.8) is 0 Å². The van der Waals surface area contributed by atoms with Crippen LogP contribution in [0.5, 0.6) is 5.75 Å². The SMILES string of the molecule is COc1ccc(CCC(=O)N2CCC[C@H]2c2nnc3ccccn23)cc1Br. The largest absolute Gasteiger partial charge is 0.496 e. The van der Waals surface area contributed by atoms with E-state index in [4.69, 9.17) is 4.74 Å². The average Bonchev–Trinajstić information content (AvgIpc) is 3.32. The fourth-order valence-electron chi connectivity index (χ4n) is 3.68. The average molecular weight is 429 g/mol. The summed E-state index contributed by atoms with van der Waals surface area (Å²) in [5.41, 5.74) is 1.93. The van der Waals surface area contributed by atoms with E-state index in [0.717, 1.165) is 46.6 Å². The molecule has 0 N–H and O–H groups in total. The van der Waals surface area contributed by atoms with Crippen molar-refractivity contribution in [2.75, 3.05) is 13.7 Å². The Kier molecular flexibility index (Phi) is 5.11. The molecule has 7 heteroatoms. The van der Waals surface area contributed by atoms with Crippen LogP contribution in [0.1, 0.15) is 36.7 Å². The maximum atomic E-state index is 12.9. The van der Waals surface area contributed by atoms with Gasteiger partial charge in [-0.05, 0) is 65.0 Å². The number of nitrogens with zero attached hydrogens (tertiary/aromatic N) is 4. The number of carbonyl (C=O) groups excluding carboxylic acids is 1. The molecule has 0 saturated carbocycles. The van der Waals surface area contributed by atoms with Gasteiger partial charge in [-0.25, -0.2) is 0 Å². The Hall–Kier alpha value is -2.41. The van der Waals surface area contributed by atoms with E-state index < -0.39 is 0 Å². The number of hydrogen-bond acceptors (Lipinski definition) is 4. The molecule has 1 fully saturated rings. The van der Waals surface area contributed by atoms with Crippen molar-refractivity contribution in [1.29, 1.82) is 0 Å². The zero-order chi connectivity index (χ0) is 18.8. The van der Waals surface area contributed by atoms with Crippen LogP contribution in [0.4, 0.5) is 0 Å². The Bertz CT molecular complexity index is 972. The maximum Gasteiger partial charge on any atom is 0.223 e. The molecule has 0 aliphatic carbocycles. The first kappa shape index (κ1) is 18.0. The Morgan fingerprint density at radius 3 is 3.00 bits per heavy atom. The number of carbonyl (C=O) groups is 1.